The molecular formula is C26H30N8O3S. The molecule has 0 bridgehead atoms. The van der Waals surface area contributed by atoms with Crippen LogP contribution >= 0.6 is 11.3 Å². The third-order valence-electron chi connectivity index (χ3n) is 6.96. The van der Waals surface area contributed by atoms with E-state index in [-0.39, 0.29) is 11.3 Å². The summed E-state index contributed by atoms with van der Waals surface area (Å²) in [6.07, 6.45) is 6.97. The van der Waals surface area contributed by atoms with E-state index in [1.807, 2.05) is 30.1 Å². The molecule has 6 heterocycles. The Morgan fingerprint density at radius 2 is 2.00 bits per heavy atom. The SMILES string of the molecule is Cc1ncc(NC(=O)CN2CC(C)(C)C2)cc1-c1c(-c2cnn(CC3COC3)c2)sc2c(C(N)=O)cnn12. The molecule has 12 heteroatoms. The van der Waals surface area contributed by atoms with Gasteiger partial charge in [0, 0.05) is 48.6 Å². The fourth-order valence-electron chi connectivity index (χ4n) is 5.19. The molecule has 2 aliphatic heterocycles. The summed E-state index contributed by atoms with van der Waals surface area (Å²) in [5.74, 6) is -0.160. The minimum atomic E-state index is -0.537. The van der Waals surface area contributed by atoms with Crippen molar-refractivity contribution < 1.29 is 14.3 Å². The molecule has 0 aliphatic carbocycles. The van der Waals surface area contributed by atoms with Crippen molar-refractivity contribution in [3.8, 4) is 21.7 Å². The fraction of sp³-hybridized carbons (Fsp3) is 0.423. The number of primary amides is 1. The van der Waals surface area contributed by atoms with Gasteiger partial charge in [0.1, 0.15) is 4.83 Å². The molecule has 198 valence electrons. The number of thiazole rings is 1. The van der Waals surface area contributed by atoms with E-state index in [4.69, 9.17) is 10.5 Å². The van der Waals surface area contributed by atoms with E-state index in [0.717, 1.165) is 60.2 Å². The highest BCUT2D eigenvalue weighted by atomic mass is 32.1. The summed E-state index contributed by atoms with van der Waals surface area (Å²) in [6.45, 7) is 10.7. The lowest BCUT2D eigenvalue weighted by Crippen LogP contribution is -2.54. The Morgan fingerprint density at radius 3 is 2.68 bits per heavy atom. The molecule has 0 radical (unpaired) electrons. The standard InChI is InChI=1S/C26H30N8O3S/c1-15-19(4-18(6-28-15)31-21(35)10-32-13-26(2,3)14-32)22-23(38-25-20(24(27)36)7-30-34(22)25)17-5-29-33(9-17)8-16-11-37-12-16/h4-7,9,16H,8,10-14H2,1-3H3,(H2,27,36)(H,31,35). The first-order valence-corrected chi connectivity index (χ1v) is 13.4. The first-order chi connectivity index (χ1) is 18.2. The normalized spacial score (nSPS) is 17.3. The second kappa shape index (κ2) is 9.29. The van der Waals surface area contributed by atoms with Crippen molar-refractivity contribution >= 4 is 33.7 Å². The van der Waals surface area contributed by atoms with Crippen molar-refractivity contribution in [2.45, 2.75) is 27.3 Å². The topological polar surface area (TPSA) is 133 Å². The number of likely N-dealkylation sites (tertiary alicyclic amines) is 1. The highest BCUT2D eigenvalue weighted by molar-refractivity contribution is 7.21. The Balaban J connectivity index is 1.36. The van der Waals surface area contributed by atoms with Crippen LogP contribution in [0.1, 0.15) is 29.9 Å². The summed E-state index contributed by atoms with van der Waals surface area (Å²) >= 11 is 1.43. The van der Waals surface area contributed by atoms with Crippen molar-refractivity contribution in [3.05, 3.63) is 42.1 Å². The molecule has 2 fully saturated rings. The average molecular weight is 535 g/mol. The smallest absolute Gasteiger partial charge is 0.253 e. The van der Waals surface area contributed by atoms with Gasteiger partial charge in [0.05, 0.1) is 60.2 Å². The van der Waals surface area contributed by atoms with Crippen molar-refractivity contribution in [1.29, 1.82) is 0 Å². The van der Waals surface area contributed by atoms with Crippen molar-refractivity contribution in [1.82, 2.24) is 29.3 Å². The van der Waals surface area contributed by atoms with Crippen LogP contribution in [-0.2, 0) is 16.1 Å². The molecule has 2 amide bonds. The van der Waals surface area contributed by atoms with Crippen molar-refractivity contribution in [3.63, 3.8) is 0 Å². The van der Waals surface area contributed by atoms with E-state index >= 15 is 0 Å². The number of amides is 2. The highest BCUT2D eigenvalue weighted by Crippen LogP contribution is 2.41. The van der Waals surface area contributed by atoms with E-state index in [0.29, 0.717) is 28.5 Å². The molecule has 0 spiro atoms. The molecular weight excluding hydrogens is 504 g/mol. The molecule has 0 unspecified atom stereocenters. The van der Waals surface area contributed by atoms with Gasteiger partial charge in [-0.3, -0.25) is 24.2 Å². The maximum absolute atomic E-state index is 12.7. The number of ether oxygens (including phenoxy) is 1. The molecule has 0 saturated carbocycles. The Hall–Kier alpha value is -3.61. The number of nitrogens with one attached hydrogen (secondary N) is 1. The second-order valence-corrected chi connectivity index (χ2v) is 12.0. The van der Waals surface area contributed by atoms with Crippen LogP contribution in [0.25, 0.3) is 26.5 Å². The number of carbonyl (C=O) groups is 2. The number of rotatable bonds is 8. The Labute approximate surface area is 223 Å². The van der Waals surface area contributed by atoms with Gasteiger partial charge in [0.15, 0.2) is 0 Å². The summed E-state index contributed by atoms with van der Waals surface area (Å²) in [5, 5.41) is 12.1. The Kier molecular flexibility index (Phi) is 6.04. The average Bonchev–Trinajstić information content (AvgIpc) is 3.51. The van der Waals surface area contributed by atoms with Crippen LogP contribution in [0.3, 0.4) is 0 Å². The molecule has 38 heavy (non-hydrogen) atoms. The summed E-state index contributed by atoms with van der Waals surface area (Å²) < 4.78 is 8.95. The van der Waals surface area contributed by atoms with Crippen LogP contribution in [-0.4, -0.2) is 73.9 Å². The van der Waals surface area contributed by atoms with E-state index < -0.39 is 5.91 Å². The van der Waals surface area contributed by atoms with Crippen LogP contribution in [0, 0.1) is 18.3 Å². The highest BCUT2D eigenvalue weighted by Gasteiger charge is 2.35. The zero-order valence-electron chi connectivity index (χ0n) is 21.6. The summed E-state index contributed by atoms with van der Waals surface area (Å²) in [5.41, 5.74) is 10.1. The zero-order valence-corrected chi connectivity index (χ0v) is 22.4. The van der Waals surface area contributed by atoms with Gasteiger partial charge >= 0.3 is 0 Å². The quantitative estimate of drug-likeness (QED) is 0.355. The molecule has 0 atom stereocenters. The molecule has 11 nitrogen and oxygen atoms in total. The number of nitrogens with two attached hydrogens (primary N) is 1. The molecule has 2 saturated heterocycles. The summed E-state index contributed by atoms with van der Waals surface area (Å²) in [7, 11) is 0. The monoisotopic (exact) mass is 534 g/mol. The van der Waals surface area contributed by atoms with E-state index in [9.17, 15) is 9.59 Å². The lowest BCUT2D eigenvalue weighted by Gasteiger charge is -2.45. The third-order valence-corrected chi connectivity index (χ3v) is 8.18. The molecule has 4 aromatic heterocycles. The first kappa shape index (κ1) is 24.7. The zero-order chi connectivity index (χ0) is 26.6. The number of anilines is 1. The number of pyridine rings is 1. The fourth-order valence-corrected chi connectivity index (χ4v) is 6.39. The largest absolute Gasteiger partial charge is 0.381 e. The van der Waals surface area contributed by atoms with Gasteiger partial charge in [0.2, 0.25) is 5.91 Å². The molecule has 6 rings (SSSR count). The second-order valence-electron chi connectivity index (χ2n) is 11.0. The van der Waals surface area contributed by atoms with Crippen LogP contribution in [0.4, 0.5) is 5.69 Å². The maximum atomic E-state index is 12.7. The van der Waals surface area contributed by atoms with Crippen molar-refractivity contribution in [2.24, 2.45) is 17.1 Å². The summed E-state index contributed by atoms with van der Waals surface area (Å²) in [4.78, 5) is 33.1. The van der Waals surface area contributed by atoms with Crippen LogP contribution in [0.2, 0.25) is 0 Å². The number of aryl methyl sites for hydroxylation is 1. The number of aromatic nitrogens is 5. The van der Waals surface area contributed by atoms with Crippen LogP contribution < -0.4 is 11.1 Å². The predicted molar refractivity (Wildman–Crippen MR) is 144 cm³/mol. The van der Waals surface area contributed by atoms with Gasteiger partial charge < -0.3 is 15.8 Å². The maximum Gasteiger partial charge on any atom is 0.253 e. The molecule has 3 N–H and O–H groups in total. The lowest BCUT2D eigenvalue weighted by atomic mass is 9.84. The number of fused-ring (bicyclic) bond motifs is 1. The van der Waals surface area contributed by atoms with Crippen LogP contribution in [0.5, 0.6) is 0 Å². The van der Waals surface area contributed by atoms with Crippen LogP contribution in [0.15, 0.2) is 30.9 Å². The van der Waals surface area contributed by atoms with E-state index in [2.05, 4.69) is 39.2 Å². The number of carbonyl (C=O) groups excluding carboxylic acids is 2. The van der Waals surface area contributed by atoms with Gasteiger partial charge in [-0.1, -0.05) is 13.8 Å². The van der Waals surface area contributed by atoms with Gasteiger partial charge in [-0.25, -0.2) is 4.52 Å². The van der Waals surface area contributed by atoms with Gasteiger partial charge in [-0.2, -0.15) is 10.2 Å². The first-order valence-electron chi connectivity index (χ1n) is 12.6. The minimum Gasteiger partial charge on any atom is -0.381 e. The minimum absolute atomic E-state index is 0.0795. The van der Waals surface area contributed by atoms with Crippen molar-refractivity contribution in [2.75, 3.05) is 38.2 Å². The van der Waals surface area contributed by atoms with Gasteiger partial charge in [-0.15, -0.1) is 11.3 Å². The summed E-state index contributed by atoms with van der Waals surface area (Å²) in [6, 6.07) is 1.91. The number of nitrogens with zero attached hydrogens (tertiary/aromatic N) is 6. The number of hydrogen-bond acceptors (Lipinski definition) is 8. The predicted octanol–water partition coefficient (Wildman–Crippen LogP) is 2.66. The lowest BCUT2D eigenvalue weighted by molar-refractivity contribution is -0.120. The van der Waals surface area contributed by atoms with Gasteiger partial charge in [0.25, 0.3) is 5.91 Å². The van der Waals surface area contributed by atoms with E-state index in [1.165, 1.54) is 17.5 Å². The third kappa shape index (κ3) is 4.59. The van der Waals surface area contributed by atoms with Gasteiger partial charge in [-0.05, 0) is 18.4 Å². The Morgan fingerprint density at radius 1 is 1.21 bits per heavy atom. The van der Waals surface area contributed by atoms with E-state index in [1.54, 1.807) is 10.7 Å². The molecule has 4 aromatic rings. The molecule has 0 aromatic carbocycles. The number of hydrogen-bond donors (Lipinski definition) is 2. The Bertz CT molecular complexity index is 1540. The molecule has 2 aliphatic rings.